The largest absolute Gasteiger partial charge is 0.399 e. The van der Waals surface area contributed by atoms with Crippen molar-refractivity contribution in [2.24, 2.45) is 0 Å². The van der Waals surface area contributed by atoms with Gasteiger partial charge in [0.2, 0.25) is 11.8 Å². The van der Waals surface area contributed by atoms with Gasteiger partial charge in [-0.1, -0.05) is 12.1 Å². The van der Waals surface area contributed by atoms with Gasteiger partial charge >= 0.3 is 0 Å². The van der Waals surface area contributed by atoms with Crippen molar-refractivity contribution in [1.82, 2.24) is 9.80 Å². The van der Waals surface area contributed by atoms with Crippen LogP contribution in [-0.4, -0.2) is 60.5 Å². The smallest absolute Gasteiger partial charge is 0.245 e. The number of piperidine rings is 1. The molecule has 2 aliphatic rings. The number of benzene rings is 1. The lowest BCUT2D eigenvalue weighted by Gasteiger charge is -2.38. The van der Waals surface area contributed by atoms with Gasteiger partial charge in [-0.05, 0) is 37.0 Å². The van der Waals surface area contributed by atoms with Crippen molar-refractivity contribution in [1.29, 1.82) is 0 Å². The quantitative estimate of drug-likeness (QED) is 0.840. The molecule has 6 nitrogen and oxygen atoms in total. The van der Waals surface area contributed by atoms with E-state index in [0.717, 1.165) is 24.8 Å². The molecule has 1 atom stereocenters. The van der Waals surface area contributed by atoms with Crippen LogP contribution in [0.3, 0.4) is 0 Å². The first-order valence-electron chi connectivity index (χ1n) is 8.65. The topological polar surface area (TPSA) is 75.9 Å². The van der Waals surface area contributed by atoms with E-state index in [-0.39, 0.29) is 17.9 Å². The molecule has 0 saturated carbocycles. The summed E-state index contributed by atoms with van der Waals surface area (Å²) in [5, 5.41) is 0. The maximum absolute atomic E-state index is 12.8. The number of nitrogens with two attached hydrogens (primary N) is 1. The van der Waals surface area contributed by atoms with Crippen LogP contribution in [0.15, 0.2) is 24.3 Å². The molecule has 1 aromatic rings. The second-order valence-corrected chi connectivity index (χ2v) is 6.45. The second-order valence-electron chi connectivity index (χ2n) is 6.45. The average molecular weight is 331 g/mol. The van der Waals surface area contributed by atoms with Crippen LogP contribution in [-0.2, 0) is 20.7 Å². The van der Waals surface area contributed by atoms with Crippen molar-refractivity contribution >= 4 is 17.5 Å². The number of likely N-dealkylation sites (tertiary alicyclic amines) is 1. The standard InChI is InChI=1S/C18H25N3O3/c19-15-6-4-14(5-7-15)13-17(22)21-8-2-1-3-16(21)18(23)20-9-11-24-12-10-20/h4-7,16H,1-3,8-13,19H2. The number of hydrogen-bond acceptors (Lipinski definition) is 4. The van der Waals surface area contributed by atoms with E-state index in [2.05, 4.69) is 0 Å². The minimum Gasteiger partial charge on any atom is -0.399 e. The normalized spacial score (nSPS) is 21.6. The Kier molecular flexibility index (Phi) is 5.35. The Balaban J connectivity index is 1.67. The van der Waals surface area contributed by atoms with Crippen molar-refractivity contribution in [2.45, 2.75) is 31.7 Å². The molecule has 2 heterocycles. The lowest BCUT2D eigenvalue weighted by molar-refractivity contribution is -0.149. The van der Waals surface area contributed by atoms with Gasteiger partial charge in [0.15, 0.2) is 0 Å². The highest BCUT2D eigenvalue weighted by Crippen LogP contribution is 2.21. The van der Waals surface area contributed by atoms with Crippen LogP contribution in [0.2, 0.25) is 0 Å². The molecule has 0 aromatic heterocycles. The van der Waals surface area contributed by atoms with Gasteiger partial charge in [0.25, 0.3) is 0 Å². The molecule has 1 aromatic carbocycles. The molecular weight excluding hydrogens is 306 g/mol. The van der Waals surface area contributed by atoms with Crippen LogP contribution in [0.4, 0.5) is 5.69 Å². The van der Waals surface area contributed by atoms with Crippen molar-refractivity contribution in [3.8, 4) is 0 Å². The summed E-state index contributed by atoms with van der Waals surface area (Å²) in [6.45, 7) is 3.06. The molecule has 2 N–H and O–H groups in total. The van der Waals surface area contributed by atoms with E-state index >= 15 is 0 Å². The monoisotopic (exact) mass is 331 g/mol. The van der Waals surface area contributed by atoms with Crippen molar-refractivity contribution in [3.05, 3.63) is 29.8 Å². The fourth-order valence-electron chi connectivity index (χ4n) is 3.39. The fourth-order valence-corrected chi connectivity index (χ4v) is 3.39. The van der Waals surface area contributed by atoms with E-state index in [9.17, 15) is 9.59 Å². The van der Waals surface area contributed by atoms with Gasteiger partial charge in [-0.2, -0.15) is 0 Å². The second kappa shape index (κ2) is 7.66. The van der Waals surface area contributed by atoms with Crippen LogP contribution < -0.4 is 5.73 Å². The zero-order valence-corrected chi connectivity index (χ0v) is 13.9. The number of ether oxygens (including phenoxy) is 1. The van der Waals surface area contributed by atoms with Crippen LogP contribution >= 0.6 is 0 Å². The predicted molar refractivity (Wildman–Crippen MR) is 91.3 cm³/mol. The van der Waals surface area contributed by atoms with Crippen molar-refractivity contribution < 1.29 is 14.3 Å². The number of morpholine rings is 1. The lowest BCUT2D eigenvalue weighted by atomic mass is 9.99. The molecule has 0 bridgehead atoms. The number of nitrogen functional groups attached to an aromatic ring is 1. The molecule has 0 radical (unpaired) electrons. The van der Waals surface area contributed by atoms with Gasteiger partial charge in [0.1, 0.15) is 6.04 Å². The maximum Gasteiger partial charge on any atom is 0.245 e. The summed E-state index contributed by atoms with van der Waals surface area (Å²) in [5.41, 5.74) is 7.30. The van der Waals surface area contributed by atoms with E-state index < -0.39 is 0 Å². The Morgan fingerprint density at radius 2 is 1.79 bits per heavy atom. The number of carbonyl (C=O) groups is 2. The number of anilines is 1. The first kappa shape index (κ1) is 16.8. The van der Waals surface area contributed by atoms with E-state index in [0.29, 0.717) is 45.0 Å². The number of carbonyl (C=O) groups excluding carboxylic acids is 2. The van der Waals surface area contributed by atoms with Gasteiger partial charge < -0.3 is 20.3 Å². The molecule has 130 valence electrons. The maximum atomic E-state index is 12.8. The molecule has 2 saturated heterocycles. The molecule has 2 amide bonds. The first-order chi connectivity index (χ1) is 11.6. The zero-order chi connectivity index (χ0) is 16.9. The van der Waals surface area contributed by atoms with E-state index in [1.165, 1.54) is 0 Å². The fraction of sp³-hybridized carbons (Fsp3) is 0.556. The summed E-state index contributed by atoms with van der Waals surface area (Å²) in [6, 6.07) is 7.02. The molecule has 2 fully saturated rings. The van der Waals surface area contributed by atoms with Gasteiger partial charge in [0.05, 0.1) is 19.6 Å². The van der Waals surface area contributed by atoms with Gasteiger partial charge in [-0.15, -0.1) is 0 Å². The Labute approximate surface area is 142 Å². The van der Waals surface area contributed by atoms with Crippen LogP contribution in [0, 0.1) is 0 Å². The molecule has 1 unspecified atom stereocenters. The van der Waals surface area contributed by atoms with Crippen LogP contribution in [0.5, 0.6) is 0 Å². The number of hydrogen-bond donors (Lipinski definition) is 1. The highest BCUT2D eigenvalue weighted by Gasteiger charge is 2.35. The van der Waals surface area contributed by atoms with E-state index in [1.807, 2.05) is 17.0 Å². The number of amides is 2. The zero-order valence-electron chi connectivity index (χ0n) is 13.9. The summed E-state index contributed by atoms with van der Waals surface area (Å²) in [7, 11) is 0. The SMILES string of the molecule is Nc1ccc(CC(=O)N2CCCCC2C(=O)N2CCOCC2)cc1. The Bertz CT molecular complexity index is 582. The number of rotatable bonds is 3. The third-order valence-corrected chi connectivity index (χ3v) is 4.77. The first-order valence-corrected chi connectivity index (χ1v) is 8.65. The summed E-state index contributed by atoms with van der Waals surface area (Å²) in [6.07, 6.45) is 3.02. The van der Waals surface area contributed by atoms with Gasteiger partial charge in [0, 0.05) is 25.3 Å². The molecule has 2 aliphatic heterocycles. The summed E-state index contributed by atoms with van der Waals surface area (Å²) in [5.74, 6) is 0.0923. The van der Waals surface area contributed by atoms with Crippen LogP contribution in [0.1, 0.15) is 24.8 Å². The molecule has 0 spiro atoms. The predicted octanol–water partition coefficient (Wildman–Crippen LogP) is 1.05. The lowest BCUT2D eigenvalue weighted by Crippen LogP contribution is -2.55. The van der Waals surface area contributed by atoms with Crippen molar-refractivity contribution in [3.63, 3.8) is 0 Å². The van der Waals surface area contributed by atoms with E-state index in [1.54, 1.807) is 17.0 Å². The third-order valence-electron chi connectivity index (χ3n) is 4.77. The molecule has 3 rings (SSSR count). The van der Waals surface area contributed by atoms with Gasteiger partial charge in [-0.25, -0.2) is 0 Å². The highest BCUT2D eigenvalue weighted by atomic mass is 16.5. The highest BCUT2D eigenvalue weighted by molar-refractivity contribution is 5.88. The van der Waals surface area contributed by atoms with Crippen molar-refractivity contribution in [2.75, 3.05) is 38.6 Å². The molecular formula is C18H25N3O3. The Morgan fingerprint density at radius 3 is 2.50 bits per heavy atom. The number of nitrogens with zero attached hydrogens (tertiary/aromatic N) is 2. The summed E-state index contributed by atoms with van der Waals surface area (Å²) < 4.78 is 5.32. The summed E-state index contributed by atoms with van der Waals surface area (Å²) in [4.78, 5) is 29.2. The molecule has 24 heavy (non-hydrogen) atoms. The average Bonchev–Trinajstić information content (AvgIpc) is 2.63. The Morgan fingerprint density at radius 1 is 1.08 bits per heavy atom. The third kappa shape index (κ3) is 3.87. The minimum atomic E-state index is -0.321. The minimum absolute atomic E-state index is 0.0195. The molecule has 6 heteroatoms. The van der Waals surface area contributed by atoms with Crippen LogP contribution in [0.25, 0.3) is 0 Å². The van der Waals surface area contributed by atoms with Gasteiger partial charge in [-0.3, -0.25) is 9.59 Å². The Hall–Kier alpha value is -2.08. The van der Waals surface area contributed by atoms with E-state index in [4.69, 9.17) is 10.5 Å². The molecule has 0 aliphatic carbocycles. The summed E-state index contributed by atoms with van der Waals surface area (Å²) >= 11 is 0.